The Balaban J connectivity index is 0. The second-order valence-electron chi connectivity index (χ2n) is 7.21. The van der Waals surface area contributed by atoms with Gasteiger partial charge in [0.2, 0.25) is 0 Å². The summed E-state index contributed by atoms with van der Waals surface area (Å²) in [6, 6.07) is 0. The Labute approximate surface area is 185 Å². The van der Waals surface area contributed by atoms with Crippen molar-refractivity contribution in [1.82, 2.24) is 0 Å². The van der Waals surface area contributed by atoms with E-state index in [0.29, 0.717) is 0 Å². The van der Waals surface area contributed by atoms with Gasteiger partial charge in [-0.2, -0.15) is 0 Å². The van der Waals surface area contributed by atoms with Gasteiger partial charge in [0.25, 0.3) is 0 Å². The van der Waals surface area contributed by atoms with Crippen molar-refractivity contribution in [2.75, 3.05) is 0 Å². The first-order chi connectivity index (χ1) is 12.2. The minimum Gasteiger partial charge on any atom is -0.481 e. The van der Waals surface area contributed by atoms with Crippen LogP contribution in [0.4, 0.5) is 0 Å². The predicted octanol–water partition coefficient (Wildman–Crippen LogP) is 6.08. The molecule has 0 aliphatic heterocycles. The Morgan fingerprint density at radius 3 is 0.714 bits per heavy atom. The second kappa shape index (κ2) is 12.2. The third-order valence-corrected chi connectivity index (χ3v) is 5.93. The fraction of sp³-hybridized carbons (Fsp3) is 0.478. The predicted molar refractivity (Wildman–Crippen MR) is 111 cm³/mol. The number of rotatable bonds is 2. The molecule has 0 aromatic rings. The van der Waals surface area contributed by atoms with Crippen molar-refractivity contribution in [2.24, 2.45) is 0 Å². The van der Waals surface area contributed by atoms with Crippen LogP contribution in [0.25, 0.3) is 0 Å². The number of carboxylic acids is 2. The van der Waals surface area contributed by atoms with Crippen LogP contribution in [0, 0.1) is 11.8 Å². The number of aliphatic carboxylic acids is 2. The van der Waals surface area contributed by atoms with E-state index in [-0.39, 0.29) is 21.7 Å². The molecule has 0 heterocycles. The molecule has 2 N–H and O–H groups in total. The zero-order valence-electron chi connectivity index (χ0n) is 18.9. The van der Waals surface area contributed by atoms with Crippen molar-refractivity contribution in [2.45, 2.75) is 75.7 Å². The van der Waals surface area contributed by atoms with Crippen LogP contribution < -0.4 is 0 Å². The Bertz CT molecular complexity index is 626. The molecule has 0 spiro atoms. The number of allylic oxidation sites excluding steroid dienone is 8. The van der Waals surface area contributed by atoms with E-state index in [9.17, 15) is 9.59 Å². The zero-order valence-corrected chi connectivity index (χ0v) is 20.5. The van der Waals surface area contributed by atoms with E-state index in [1.165, 1.54) is 56.4 Å². The van der Waals surface area contributed by atoms with Crippen molar-refractivity contribution < 1.29 is 41.5 Å². The normalized spacial score (nSPS) is 17.2. The number of carboxylic acid groups (broad SMARTS) is 2. The van der Waals surface area contributed by atoms with Crippen molar-refractivity contribution in [3.05, 3.63) is 56.4 Å². The van der Waals surface area contributed by atoms with Gasteiger partial charge in [0.15, 0.2) is 0 Å². The Kier molecular flexibility index (Phi) is 12.6. The number of hydrogen-bond donors (Lipinski definition) is 2. The van der Waals surface area contributed by atoms with Crippen LogP contribution in [0.15, 0.2) is 44.6 Å². The molecule has 0 fully saturated rings. The third kappa shape index (κ3) is 7.56. The molecule has 28 heavy (non-hydrogen) atoms. The molecule has 2 radical (unpaired) electrons. The summed E-state index contributed by atoms with van der Waals surface area (Å²) in [5.41, 5.74) is 11.7. The van der Waals surface area contributed by atoms with Crippen molar-refractivity contribution >= 4 is 11.9 Å². The Morgan fingerprint density at radius 1 is 0.500 bits per heavy atom. The monoisotopic (exact) mass is 422 g/mol. The Morgan fingerprint density at radius 2 is 0.679 bits per heavy atom. The van der Waals surface area contributed by atoms with Crippen molar-refractivity contribution in [1.29, 1.82) is 0 Å². The smallest absolute Gasteiger partial charge is 0.314 e. The number of hydrogen-bond acceptors (Lipinski definition) is 2. The second-order valence-corrected chi connectivity index (χ2v) is 7.21. The molecule has 0 saturated carbocycles. The first kappa shape index (κ1) is 28.8. The van der Waals surface area contributed by atoms with Gasteiger partial charge in [-0.1, -0.05) is 36.1 Å². The zero-order chi connectivity index (χ0) is 21.6. The van der Waals surface area contributed by atoms with Gasteiger partial charge in [0.05, 0.1) is 0 Å². The minimum absolute atomic E-state index is 0. The van der Waals surface area contributed by atoms with E-state index in [0.717, 1.165) is 0 Å². The molecular formula is C23H34O4Ti. The molecule has 2 aliphatic carbocycles. The maximum atomic E-state index is 9.43. The van der Waals surface area contributed by atoms with E-state index in [1.807, 2.05) is 0 Å². The third-order valence-electron chi connectivity index (χ3n) is 5.93. The van der Waals surface area contributed by atoms with Gasteiger partial charge >= 0.3 is 11.9 Å². The average molecular weight is 422 g/mol. The van der Waals surface area contributed by atoms with Gasteiger partial charge in [-0.15, -0.1) is 0 Å². The first-order valence-electron chi connectivity index (χ1n) is 9.06. The molecule has 0 aromatic heterocycles. The summed E-state index contributed by atoms with van der Waals surface area (Å²) in [4.78, 5) is 18.9. The molecule has 0 bridgehead atoms. The fourth-order valence-electron chi connectivity index (χ4n) is 2.94. The standard InChI is InChI=1S/2C10H15.C3H4O4.Ti/c2*1-6-7(2)9(4)10(5)8(6)3;4-2(5)1-3(6)7;/h2*1-5H3;1H2,(H,4,5)(H,6,7);. The van der Waals surface area contributed by atoms with Crippen LogP contribution in [0.5, 0.6) is 0 Å². The van der Waals surface area contributed by atoms with Gasteiger partial charge in [-0.05, 0) is 77.7 Å². The van der Waals surface area contributed by atoms with Gasteiger partial charge in [0.1, 0.15) is 6.42 Å². The summed E-state index contributed by atoms with van der Waals surface area (Å²) in [6.45, 7) is 22.0. The van der Waals surface area contributed by atoms with Crippen LogP contribution in [-0.4, -0.2) is 22.2 Å². The fourth-order valence-corrected chi connectivity index (χ4v) is 2.94. The van der Waals surface area contributed by atoms with Gasteiger partial charge < -0.3 is 10.2 Å². The molecule has 0 unspecified atom stereocenters. The van der Waals surface area contributed by atoms with Crippen LogP contribution >= 0.6 is 0 Å². The van der Waals surface area contributed by atoms with Gasteiger partial charge in [-0.3, -0.25) is 9.59 Å². The van der Waals surface area contributed by atoms with Gasteiger partial charge in [0, 0.05) is 33.6 Å². The molecule has 0 amide bonds. The topological polar surface area (TPSA) is 74.6 Å². The molecule has 2 rings (SSSR count). The van der Waals surface area contributed by atoms with E-state index >= 15 is 0 Å². The van der Waals surface area contributed by atoms with Crippen molar-refractivity contribution in [3.63, 3.8) is 0 Å². The molecule has 154 valence electrons. The van der Waals surface area contributed by atoms with E-state index in [4.69, 9.17) is 10.2 Å². The largest absolute Gasteiger partial charge is 0.481 e. The molecule has 0 atom stereocenters. The van der Waals surface area contributed by atoms with Crippen LogP contribution in [0.1, 0.15) is 75.7 Å². The molecule has 0 saturated heterocycles. The molecule has 2 aliphatic rings. The first-order valence-corrected chi connectivity index (χ1v) is 9.06. The summed E-state index contributed by atoms with van der Waals surface area (Å²) in [6.07, 6.45) is -0.806. The number of carbonyl (C=O) groups is 2. The minimum atomic E-state index is -1.31. The summed E-state index contributed by atoms with van der Waals surface area (Å²) >= 11 is 0. The quantitative estimate of drug-likeness (QED) is 0.418. The average Bonchev–Trinajstić information content (AvgIpc) is 2.85. The molecule has 5 heteroatoms. The van der Waals surface area contributed by atoms with E-state index < -0.39 is 18.4 Å². The van der Waals surface area contributed by atoms with Crippen LogP contribution in [0.3, 0.4) is 0 Å². The molecule has 4 nitrogen and oxygen atoms in total. The summed E-state index contributed by atoms with van der Waals surface area (Å²) in [7, 11) is 0. The van der Waals surface area contributed by atoms with E-state index in [1.54, 1.807) is 0 Å². The van der Waals surface area contributed by atoms with Gasteiger partial charge in [-0.25, -0.2) is 0 Å². The summed E-state index contributed by atoms with van der Waals surface area (Å²) in [5.74, 6) is 0.310. The maximum absolute atomic E-state index is 9.43. The van der Waals surface area contributed by atoms with Crippen LogP contribution in [0.2, 0.25) is 0 Å². The van der Waals surface area contributed by atoms with Crippen molar-refractivity contribution in [3.8, 4) is 0 Å². The maximum Gasteiger partial charge on any atom is 0.314 e. The Hall–Kier alpha value is -1.39. The van der Waals surface area contributed by atoms with E-state index in [2.05, 4.69) is 69.2 Å². The summed E-state index contributed by atoms with van der Waals surface area (Å²) in [5, 5.41) is 15.4. The molecular weight excluding hydrogens is 388 g/mol. The SMILES string of the molecule is C[C]1C(C)=C(C)C(C)=C1C.C[C]1C(C)=C(C)C(C)=C1C.O=C(O)CC(=O)O.[Ti]. The summed E-state index contributed by atoms with van der Waals surface area (Å²) < 4.78 is 0. The van der Waals surface area contributed by atoms with Crippen LogP contribution in [-0.2, 0) is 31.3 Å². The molecule has 0 aromatic carbocycles.